The predicted octanol–water partition coefficient (Wildman–Crippen LogP) is 0.427. The minimum absolute atomic E-state index is 0.0355. The van der Waals surface area contributed by atoms with Gasteiger partial charge in [-0.1, -0.05) is 5.16 Å². The van der Waals surface area contributed by atoms with Crippen LogP contribution in [0.25, 0.3) is 0 Å². The average Bonchev–Trinajstić information content (AvgIpc) is 3.56. The number of carboxylic acid groups (broad SMARTS) is 1. The molecule has 2 aromatic rings. The lowest BCUT2D eigenvalue weighted by molar-refractivity contribution is -0.199. The Morgan fingerprint density at radius 2 is 1.95 bits per heavy atom. The van der Waals surface area contributed by atoms with Crippen molar-refractivity contribution in [3.05, 3.63) is 52.5 Å². The third-order valence-electron chi connectivity index (χ3n) is 6.18. The van der Waals surface area contributed by atoms with E-state index in [1.807, 2.05) is 0 Å². The molecule has 15 nitrogen and oxygen atoms in total. The molecule has 0 bridgehead atoms. The summed E-state index contributed by atoms with van der Waals surface area (Å²) in [6.07, 6.45) is -0.777. The van der Waals surface area contributed by atoms with Gasteiger partial charge in [0.15, 0.2) is 10.8 Å². The van der Waals surface area contributed by atoms with Gasteiger partial charge in [-0.25, -0.2) is 24.5 Å². The van der Waals surface area contributed by atoms with Gasteiger partial charge in [0.05, 0.1) is 0 Å². The van der Waals surface area contributed by atoms with Crippen molar-refractivity contribution in [2.75, 3.05) is 22.9 Å². The Hall–Kier alpha value is -4.85. The van der Waals surface area contributed by atoms with E-state index in [1.54, 1.807) is 6.07 Å². The Morgan fingerprint density at radius 3 is 2.58 bits per heavy atom. The number of anilines is 2. The summed E-state index contributed by atoms with van der Waals surface area (Å²) in [7, 11) is 0. The van der Waals surface area contributed by atoms with Gasteiger partial charge >= 0.3 is 18.1 Å². The number of amides is 3. The number of allylic oxidation sites excluding steroid dienone is 1. The topological polar surface area (TPSA) is 210 Å². The number of carboxylic acids is 1. The molecule has 0 radical (unpaired) electrons. The third kappa shape index (κ3) is 5.78. The number of fused-ring (bicyclic) bond motifs is 1. The molecule has 0 unspecified atom stereocenters. The minimum atomic E-state index is -5.40. The Kier molecular flexibility index (Phi) is 7.88. The second kappa shape index (κ2) is 11.4. The fourth-order valence-electron chi connectivity index (χ4n) is 4.28. The van der Waals surface area contributed by atoms with Crippen LogP contribution in [0.3, 0.4) is 0 Å². The van der Waals surface area contributed by atoms with E-state index >= 15 is 0 Å². The maximum atomic E-state index is 13.1. The van der Waals surface area contributed by atoms with Crippen LogP contribution in [-0.4, -0.2) is 90.2 Å². The smallest absolute Gasteiger partial charge is 0.477 e. The Labute approximate surface area is 246 Å². The van der Waals surface area contributed by atoms with Crippen LogP contribution < -0.4 is 16.0 Å². The zero-order chi connectivity index (χ0) is 31.1. The number of nitrogen functional groups attached to an aromatic ring is 1. The molecule has 2 atom stereocenters. The van der Waals surface area contributed by atoms with Gasteiger partial charge in [0, 0.05) is 35.6 Å². The molecule has 43 heavy (non-hydrogen) atoms. The summed E-state index contributed by atoms with van der Waals surface area (Å²) in [5.74, 6) is -6.43. The number of hydrogen-bond donors (Lipinski definition) is 3. The number of nitrogens with zero attached hydrogens (tertiary/aromatic N) is 6. The molecule has 3 amide bonds. The summed E-state index contributed by atoms with van der Waals surface area (Å²) < 4.78 is 37.8. The van der Waals surface area contributed by atoms with E-state index in [-0.39, 0.29) is 46.6 Å². The van der Waals surface area contributed by atoms with E-state index in [9.17, 15) is 42.3 Å². The van der Waals surface area contributed by atoms with Gasteiger partial charge in [-0.05, 0) is 24.1 Å². The number of carbonyl (C=O) groups excluding carboxylic acids is 4. The quantitative estimate of drug-likeness (QED) is 0.124. The fourth-order valence-corrected chi connectivity index (χ4v) is 6.14. The number of oxime groups is 1. The molecule has 5 rings (SSSR count). The van der Waals surface area contributed by atoms with E-state index in [4.69, 9.17) is 5.73 Å². The van der Waals surface area contributed by atoms with Crippen molar-refractivity contribution in [1.82, 2.24) is 25.2 Å². The first-order chi connectivity index (χ1) is 20.4. The Balaban J connectivity index is 1.35. The van der Waals surface area contributed by atoms with Crippen molar-refractivity contribution >= 4 is 69.6 Å². The van der Waals surface area contributed by atoms with Crippen LogP contribution >= 0.6 is 23.1 Å². The lowest BCUT2D eigenvalue weighted by Gasteiger charge is -2.49. The number of aromatic nitrogens is 3. The number of rotatable bonds is 7. The van der Waals surface area contributed by atoms with Gasteiger partial charge in [0.2, 0.25) is 5.95 Å². The first kappa shape index (κ1) is 29.6. The van der Waals surface area contributed by atoms with E-state index in [2.05, 4.69) is 30.3 Å². The molecule has 0 saturated carbocycles. The zero-order valence-corrected chi connectivity index (χ0v) is 22.9. The van der Waals surface area contributed by atoms with Crippen molar-refractivity contribution in [1.29, 1.82) is 0 Å². The summed E-state index contributed by atoms with van der Waals surface area (Å²) in [5.41, 5.74) is 4.40. The summed E-state index contributed by atoms with van der Waals surface area (Å²) >= 11 is 1.89. The molecule has 3 aliphatic heterocycles. The number of thiazole rings is 1. The summed E-state index contributed by atoms with van der Waals surface area (Å²) in [5, 5.41) is 15.4. The summed E-state index contributed by atoms with van der Waals surface area (Å²) in [6.45, 7) is 0.268. The number of nitrogens with two attached hydrogens (primary N) is 1. The fraction of sp³-hybridized carbons (Fsp3) is 0.261. The largest absolute Gasteiger partial charge is 0.493 e. The van der Waals surface area contributed by atoms with Gasteiger partial charge in [-0.3, -0.25) is 24.2 Å². The number of alkyl halides is 3. The monoisotopic (exact) mass is 638 g/mol. The molecule has 224 valence electrons. The van der Waals surface area contributed by atoms with Gasteiger partial charge in [0.1, 0.15) is 22.8 Å². The van der Waals surface area contributed by atoms with Crippen LogP contribution in [0.2, 0.25) is 0 Å². The molecule has 2 fully saturated rings. The van der Waals surface area contributed by atoms with Crippen molar-refractivity contribution in [2.24, 2.45) is 5.16 Å². The summed E-state index contributed by atoms with van der Waals surface area (Å²) in [4.78, 5) is 80.3. The second-order valence-corrected chi connectivity index (χ2v) is 10.8. The average molecular weight is 639 g/mol. The maximum absolute atomic E-state index is 13.1. The zero-order valence-electron chi connectivity index (χ0n) is 21.3. The molecule has 2 saturated heterocycles. The van der Waals surface area contributed by atoms with Gasteiger partial charge < -0.3 is 21.0 Å². The van der Waals surface area contributed by atoms with Crippen molar-refractivity contribution < 1.29 is 47.1 Å². The molecular weight excluding hydrogens is 621 g/mol. The van der Waals surface area contributed by atoms with Crippen LogP contribution in [0.5, 0.6) is 0 Å². The van der Waals surface area contributed by atoms with Crippen LogP contribution in [0, 0.1) is 0 Å². The van der Waals surface area contributed by atoms with E-state index in [1.165, 1.54) is 28.7 Å². The van der Waals surface area contributed by atoms with Crippen molar-refractivity contribution in [3.63, 3.8) is 0 Å². The lowest BCUT2D eigenvalue weighted by Crippen LogP contribution is -2.71. The highest BCUT2D eigenvalue weighted by Crippen LogP contribution is 2.41. The first-order valence-electron chi connectivity index (χ1n) is 12.0. The van der Waals surface area contributed by atoms with E-state index < -0.39 is 58.7 Å². The number of thioether (sulfide) groups is 1. The van der Waals surface area contributed by atoms with Crippen LogP contribution in [-0.2, 0) is 28.8 Å². The SMILES string of the molecule is Nc1nc(/C(=N/OC(=O)C(F)(F)F)C(=O)N[C@@H]2C(=O)N3C(C(=O)O)=C(/C=C4\CCN(c5ncccn5)C4=O)CS[C@H]23)cs1. The van der Waals surface area contributed by atoms with Crippen LogP contribution in [0.15, 0.2) is 51.9 Å². The predicted molar refractivity (Wildman–Crippen MR) is 142 cm³/mol. The number of aliphatic carboxylic acids is 1. The van der Waals surface area contributed by atoms with Crippen LogP contribution in [0.1, 0.15) is 12.1 Å². The highest BCUT2D eigenvalue weighted by atomic mass is 32.2. The minimum Gasteiger partial charge on any atom is -0.477 e. The number of halogens is 3. The van der Waals surface area contributed by atoms with Gasteiger partial charge in [-0.2, -0.15) is 13.2 Å². The van der Waals surface area contributed by atoms with Crippen LogP contribution in [0.4, 0.5) is 24.3 Å². The highest BCUT2D eigenvalue weighted by Gasteiger charge is 2.54. The molecule has 5 heterocycles. The Bertz CT molecular complexity index is 1630. The number of β-lactam (4-membered cyclic amide) rings is 1. The van der Waals surface area contributed by atoms with Crippen molar-refractivity contribution in [3.8, 4) is 0 Å². The number of hydrogen-bond acceptors (Lipinski definition) is 13. The molecule has 20 heteroatoms. The van der Waals surface area contributed by atoms with E-state index in [0.717, 1.165) is 28.0 Å². The molecular formula is C23H17F3N8O7S2. The van der Waals surface area contributed by atoms with Gasteiger partial charge in [-0.15, -0.1) is 23.1 Å². The molecule has 3 aliphatic rings. The highest BCUT2D eigenvalue weighted by molar-refractivity contribution is 8.00. The van der Waals surface area contributed by atoms with Crippen molar-refractivity contribution in [2.45, 2.75) is 24.0 Å². The Morgan fingerprint density at radius 1 is 1.23 bits per heavy atom. The normalized spacial score (nSPS) is 21.6. The molecule has 4 N–H and O–H groups in total. The lowest BCUT2D eigenvalue weighted by atomic mass is 10.0. The van der Waals surface area contributed by atoms with Gasteiger partial charge in [0.25, 0.3) is 17.7 Å². The first-order valence-corrected chi connectivity index (χ1v) is 13.9. The standard InChI is InChI=1S/C23H17F3N8O7S2/c24-23(25,26)20(40)41-32-12(11-8-43-21(27)30-11)15(35)31-13-17(37)34-14(19(38)39)10(7-42-18(13)34)6-9-2-5-33(16(9)36)22-28-3-1-4-29-22/h1,3-4,6,8,13,18H,2,5,7H2,(H2,27,30)(H,31,35)(H,38,39)/b9-6+,32-12-/t13-,18-/m1/s1. The van der Waals surface area contributed by atoms with E-state index in [0.29, 0.717) is 0 Å². The second-order valence-electron chi connectivity index (χ2n) is 8.85. The third-order valence-corrected chi connectivity index (χ3v) is 8.16. The summed E-state index contributed by atoms with van der Waals surface area (Å²) in [6, 6.07) is 0.269. The maximum Gasteiger partial charge on any atom is 0.493 e. The molecule has 0 spiro atoms. The number of nitrogens with one attached hydrogen (secondary N) is 1. The molecule has 0 aliphatic carbocycles. The molecule has 0 aromatic carbocycles. The molecule has 2 aromatic heterocycles. The number of carbonyl (C=O) groups is 5.